The molecule has 0 fully saturated rings. The summed E-state index contributed by atoms with van der Waals surface area (Å²) >= 11 is 3.46. The van der Waals surface area contributed by atoms with E-state index in [0.29, 0.717) is 0 Å². The first kappa shape index (κ1) is 11.9. The lowest BCUT2D eigenvalue weighted by Gasteiger charge is -2.00. The largest absolute Gasteiger partial charge is 1.00 e. The molecule has 84 valence electrons. The van der Waals surface area contributed by atoms with Crippen molar-refractivity contribution < 1.29 is 26.3 Å². The SMILES string of the molecule is BrCC1C[n+]2ccc3ccccc3c2O1.[Br-]. The third kappa shape index (κ3) is 1.84. The summed E-state index contributed by atoms with van der Waals surface area (Å²) in [5, 5.41) is 3.31. The number of hydrogen-bond acceptors (Lipinski definition) is 1. The van der Waals surface area contributed by atoms with E-state index in [2.05, 4.69) is 51.0 Å². The van der Waals surface area contributed by atoms with Gasteiger partial charge in [0.25, 0.3) is 0 Å². The molecule has 2 nitrogen and oxygen atoms in total. The minimum atomic E-state index is 0. The summed E-state index contributed by atoms with van der Waals surface area (Å²) in [5.74, 6) is 0.998. The Morgan fingerprint density at radius 2 is 2.12 bits per heavy atom. The predicted octanol–water partition coefficient (Wildman–Crippen LogP) is -0.713. The third-order valence-corrected chi connectivity index (χ3v) is 3.46. The van der Waals surface area contributed by atoms with E-state index in [1.165, 1.54) is 10.8 Å². The van der Waals surface area contributed by atoms with E-state index in [1.54, 1.807) is 0 Å². The molecule has 1 unspecified atom stereocenters. The Bertz CT molecular complexity index is 515. The smallest absolute Gasteiger partial charge is 0.376 e. The molecule has 0 saturated heterocycles. The van der Waals surface area contributed by atoms with Crippen molar-refractivity contribution in [2.24, 2.45) is 0 Å². The first-order chi connectivity index (χ1) is 7.38. The van der Waals surface area contributed by atoms with Gasteiger partial charge in [0.05, 0.1) is 5.39 Å². The number of nitrogens with zero attached hydrogens (tertiary/aromatic N) is 1. The number of aromatic nitrogens is 1. The molecule has 2 heterocycles. The second-order valence-electron chi connectivity index (χ2n) is 3.75. The third-order valence-electron chi connectivity index (χ3n) is 2.74. The van der Waals surface area contributed by atoms with Crippen LogP contribution in [-0.2, 0) is 6.54 Å². The van der Waals surface area contributed by atoms with E-state index in [-0.39, 0.29) is 23.1 Å². The van der Waals surface area contributed by atoms with E-state index < -0.39 is 0 Å². The maximum atomic E-state index is 5.89. The monoisotopic (exact) mass is 343 g/mol. The summed E-state index contributed by atoms with van der Waals surface area (Å²) in [6, 6.07) is 10.5. The molecule has 1 atom stereocenters. The molecule has 0 radical (unpaired) electrons. The van der Waals surface area contributed by atoms with E-state index in [0.717, 1.165) is 17.8 Å². The molecule has 0 amide bonds. The van der Waals surface area contributed by atoms with Crippen LogP contribution in [-0.4, -0.2) is 11.4 Å². The normalized spacial score (nSPS) is 17.7. The lowest BCUT2D eigenvalue weighted by Crippen LogP contribution is -3.00. The highest BCUT2D eigenvalue weighted by Gasteiger charge is 2.30. The van der Waals surface area contributed by atoms with Gasteiger partial charge in [-0.2, -0.15) is 4.57 Å². The Balaban J connectivity index is 0.000000963. The Labute approximate surface area is 113 Å². The van der Waals surface area contributed by atoms with Gasteiger partial charge < -0.3 is 21.7 Å². The average molecular weight is 345 g/mol. The van der Waals surface area contributed by atoms with Crippen LogP contribution < -0.4 is 26.3 Å². The van der Waals surface area contributed by atoms with Crippen LogP contribution in [0.15, 0.2) is 36.5 Å². The summed E-state index contributed by atoms with van der Waals surface area (Å²) in [6.45, 7) is 0.936. The van der Waals surface area contributed by atoms with Gasteiger partial charge in [0.1, 0.15) is 0 Å². The molecule has 1 aliphatic rings. The van der Waals surface area contributed by atoms with Crippen LogP contribution in [0, 0.1) is 0 Å². The van der Waals surface area contributed by atoms with Crippen LogP contribution in [0.25, 0.3) is 10.8 Å². The molecular weight excluding hydrogens is 334 g/mol. The fourth-order valence-corrected chi connectivity index (χ4v) is 2.34. The van der Waals surface area contributed by atoms with E-state index in [1.807, 2.05) is 6.07 Å². The maximum absolute atomic E-state index is 5.89. The van der Waals surface area contributed by atoms with Crippen LogP contribution in [0.3, 0.4) is 0 Å². The van der Waals surface area contributed by atoms with Crippen LogP contribution in [0.5, 0.6) is 5.88 Å². The zero-order valence-electron chi connectivity index (χ0n) is 8.57. The minimum absolute atomic E-state index is 0. The summed E-state index contributed by atoms with van der Waals surface area (Å²) < 4.78 is 8.06. The number of pyridine rings is 1. The van der Waals surface area contributed by atoms with Crippen LogP contribution in [0.1, 0.15) is 0 Å². The van der Waals surface area contributed by atoms with Gasteiger partial charge in [0.15, 0.2) is 18.8 Å². The lowest BCUT2D eigenvalue weighted by molar-refractivity contribution is -0.680. The maximum Gasteiger partial charge on any atom is 0.376 e. The zero-order valence-corrected chi connectivity index (χ0v) is 11.7. The van der Waals surface area contributed by atoms with Crippen molar-refractivity contribution in [3.8, 4) is 5.88 Å². The van der Waals surface area contributed by atoms with Crippen molar-refractivity contribution in [2.75, 3.05) is 5.33 Å². The van der Waals surface area contributed by atoms with Crippen molar-refractivity contribution in [3.63, 3.8) is 0 Å². The van der Waals surface area contributed by atoms with Gasteiger partial charge in [-0.3, -0.25) is 0 Å². The van der Waals surface area contributed by atoms with Gasteiger partial charge in [-0.05, 0) is 11.5 Å². The predicted molar refractivity (Wildman–Crippen MR) is 62.4 cm³/mol. The van der Waals surface area contributed by atoms with Gasteiger partial charge in [0.2, 0.25) is 0 Å². The van der Waals surface area contributed by atoms with Crippen LogP contribution in [0.2, 0.25) is 0 Å². The van der Waals surface area contributed by atoms with Gasteiger partial charge >= 0.3 is 5.88 Å². The first-order valence-electron chi connectivity index (χ1n) is 5.02. The minimum Gasteiger partial charge on any atom is -1.00 e. The van der Waals surface area contributed by atoms with Gasteiger partial charge in [-0.15, -0.1) is 0 Å². The highest BCUT2D eigenvalue weighted by atomic mass is 79.9. The fourth-order valence-electron chi connectivity index (χ4n) is 2.00. The van der Waals surface area contributed by atoms with Gasteiger partial charge in [-0.25, -0.2) is 0 Å². The van der Waals surface area contributed by atoms with Gasteiger partial charge in [0, 0.05) is 11.4 Å². The number of fused-ring (bicyclic) bond motifs is 3. The van der Waals surface area contributed by atoms with Crippen molar-refractivity contribution >= 4 is 26.7 Å². The molecule has 0 spiro atoms. The Kier molecular flexibility index (Phi) is 3.50. The topological polar surface area (TPSA) is 13.1 Å². The van der Waals surface area contributed by atoms with Crippen molar-refractivity contribution in [1.82, 2.24) is 0 Å². The van der Waals surface area contributed by atoms with E-state index in [9.17, 15) is 0 Å². The molecule has 0 bridgehead atoms. The summed E-state index contributed by atoms with van der Waals surface area (Å²) in [6.07, 6.45) is 2.36. The van der Waals surface area contributed by atoms with Crippen molar-refractivity contribution in [2.45, 2.75) is 12.6 Å². The zero-order chi connectivity index (χ0) is 10.3. The van der Waals surface area contributed by atoms with Crippen molar-refractivity contribution in [1.29, 1.82) is 0 Å². The molecule has 1 aliphatic heterocycles. The van der Waals surface area contributed by atoms with Crippen LogP contribution in [0.4, 0.5) is 0 Å². The van der Waals surface area contributed by atoms with Crippen molar-refractivity contribution in [3.05, 3.63) is 36.5 Å². The van der Waals surface area contributed by atoms with E-state index in [4.69, 9.17) is 4.74 Å². The Morgan fingerprint density at radius 1 is 1.31 bits per heavy atom. The Morgan fingerprint density at radius 3 is 2.94 bits per heavy atom. The number of benzene rings is 1. The lowest BCUT2D eigenvalue weighted by atomic mass is 10.2. The Hall–Kier alpha value is -0.610. The summed E-state index contributed by atoms with van der Waals surface area (Å²) in [5.41, 5.74) is 0. The first-order valence-corrected chi connectivity index (χ1v) is 6.14. The molecule has 16 heavy (non-hydrogen) atoms. The molecule has 0 saturated carbocycles. The van der Waals surface area contributed by atoms with E-state index >= 15 is 0 Å². The molecular formula is C12H11Br2NO. The summed E-state index contributed by atoms with van der Waals surface area (Å²) in [7, 11) is 0. The highest BCUT2D eigenvalue weighted by molar-refractivity contribution is 9.09. The number of hydrogen-bond donors (Lipinski definition) is 0. The number of halogens is 2. The van der Waals surface area contributed by atoms with Gasteiger partial charge in [-0.1, -0.05) is 34.1 Å². The standard InChI is InChI=1S/C12H11BrNO.BrH/c13-7-10-8-14-6-5-9-3-1-2-4-11(9)12(14)15-10;/h1-6,10H,7-8H2;1H/q+1;/p-1. The number of ether oxygens (including phenoxy) is 1. The molecule has 0 aliphatic carbocycles. The average Bonchev–Trinajstić information content (AvgIpc) is 2.72. The second kappa shape index (κ2) is 4.72. The molecule has 4 heteroatoms. The quantitative estimate of drug-likeness (QED) is 0.492. The molecule has 2 aromatic rings. The molecule has 1 aromatic heterocycles. The molecule has 3 rings (SSSR count). The molecule has 1 aromatic carbocycles. The molecule has 0 N–H and O–H groups in total. The van der Waals surface area contributed by atoms with Crippen LogP contribution >= 0.6 is 15.9 Å². The second-order valence-corrected chi connectivity index (χ2v) is 4.40. The number of rotatable bonds is 1. The fraction of sp³-hybridized carbons (Fsp3) is 0.250. The highest BCUT2D eigenvalue weighted by Crippen LogP contribution is 2.25. The summed E-state index contributed by atoms with van der Waals surface area (Å²) in [4.78, 5) is 0. The number of alkyl halides is 1.